The summed E-state index contributed by atoms with van der Waals surface area (Å²) in [5, 5.41) is 2.78. The van der Waals surface area contributed by atoms with Crippen molar-refractivity contribution in [3.05, 3.63) is 58.9 Å². The summed E-state index contributed by atoms with van der Waals surface area (Å²) < 4.78 is 12.9. The van der Waals surface area contributed by atoms with Crippen molar-refractivity contribution in [2.24, 2.45) is 0 Å². The summed E-state index contributed by atoms with van der Waals surface area (Å²) in [4.78, 5) is 11.9. The number of halogens is 2. The zero-order valence-electron chi connectivity index (χ0n) is 9.99. The van der Waals surface area contributed by atoms with Gasteiger partial charge in [0.25, 0.3) is 0 Å². The lowest BCUT2D eigenvalue weighted by Gasteiger charge is -2.08. The fraction of sp³-hybridized carbons (Fsp3) is 0.0714. The fourth-order valence-electron chi connectivity index (χ4n) is 1.65. The third-order valence-corrected chi connectivity index (χ3v) is 2.92. The number of nitrogen functional groups attached to an aromatic ring is 1. The lowest BCUT2D eigenvalue weighted by molar-refractivity contribution is -0.115. The predicted molar refractivity (Wildman–Crippen MR) is 74.6 cm³/mol. The molecule has 0 fully saturated rings. The number of carbonyl (C=O) groups excluding carboxylic acids is 1. The van der Waals surface area contributed by atoms with Gasteiger partial charge in [0.15, 0.2) is 0 Å². The average Bonchev–Trinajstić information content (AvgIpc) is 2.36. The summed E-state index contributed by atoms with van der Waals surface area (Å²) in [5.74, 6) is -0.707. The van der Waals surface area contributed by atoms with Crippen molar-refractivity contribution in [1.29, 1.82) is 0 Å². The molecule has 0 unspecified atom stereocenters. The minimum absolute atomic E-state index is 0.139. The third kappa shape index (κ3) is 3.45. The molecule has 0 heterocycles. The van der Waals surface area contributed by atoms with Crippen LogP contribution in [0.1, 0.15) is 5.56 Å². The molecule has 0 saturated heterocycles. The van der Waals surface area contributed by atoms with Crippen LogP contribution >= 0.6 is 11.6 Å². The standard InChI is InChI=1S/C14H12ClFN2O/c15-11-8-10(16)5-6-13(11)18-14(19)7-9-3-1-2-4-12(9)17/h1-6,8H,7,17H2,(H,18,19). The molecule has 0 radical (unpaired) electrons. The van der Waals surface area contributed by atoms with E-state index in [0.29, 0.717) is 11.4 Å². The van der Waals surface area contributed by atoms with Crippen LogP contribution in [0.2, 0.25) is 5.02 Å². The van der Waals surface area contributed by atoms with Crippen LogP contribution in [-0.2, 0) is 11.2 Å². The van der Waals surface area contributed by atoms with E-state index in [2.05, 4.69) is 5.32 Å². The summed E-state index contributed by atoms with van der Waals surface area (Å²) in [6, 6.07) is 10.9. The van der Waals surface area contributed by atoms with Gasteiger partial charge in [0.2, 0.25) is 5.91 Å². The van der Waals surface area contributed by atoms with Crippen LogP contribution in [0.4, 0.5) is 15.8 Å². The molecule has 2 aromatic carbocycles. The highest BCUT2D eigenvalue weighted by Gasteiger charge is 2.09. The van der Waals surface area contributed by atoms with Crippen molar-refractivity contribution in [1.82, 2.24) is 0 Å². The van der Waals surface area contributed by atoms with E-state index < -0.39 is 5.82 Å². The van der Waals surface area contributed by atoms with Crippen molar-refractivity contribution in [2.75, 3.05) is 11.1 Å². The predicted octanol–water partition coefficient (Wildman–Crippen LogP) is 3.24. The molecule has 19 heavy (non-hydrogen) atoms. The molecule has 0 saturated carbocycles. The third-order valence-electron chi connectivity index (χ3n) is 2.61. The lowest BCUT2D eigenvalue weighted by Crippen LogP contribution is -2.15. The molecule has 0 aromatic heterocycles. The van der Waals surface area contributed by atoms with Crippen molar-refractivity contribution in [3.8, 4) is 0 Å². The number of nitrogens with two attached hydrogens (primary N) is 1. The van der Waals surface area contributed by atoms with E-state index in [-0.39, 0.29) is 17.4 Å². The average molecular weight is 279 g/mol. The zero-order valence-corrected chi connectivity index (χ0v) is 10.7. The Kier molecular flexibility index (Phi) is 4.02. The monoisotopic (exact) mass is 278 g/mol. The van der Waals surface area contributed by atoms with Gasteiger partial charge in [-0.3, -0.25) is 4.79 Å². The van der Waals surface area contributed by atoms with E-state index >= 15 is 0 Å². The molecule has 2 aromatic rings. The van der Waals surface area contributed by atoms with Crippen molar-refractivity contribution < 1.29 is 9.18 Å². The number of rotatable bonds is 3. The quantitative estimate of drug-likeness (QED) is 0.847. The summed E-state index contributed by atoms with van der Waals surface area (Å²) >= 11 is 5.83. The summed E-state index contributed by atoms with van der Waals surface area (Å²) in [6.45, 7) is 0. The topological polar surface area (TPSA) is 55.1 Å². The number of amides is 1. The van der Waals surface area contributed by atoms with Crippen LogP contribution in [0.15, 0.2) is 42.5 Å². The van der Waals surface area contributed by atoms with Gasteiger partial charge in [-0.2, -0.15) is 0 Å². The van der Waals surface area contributed by atoms with Gasteiger partial charge in [0.05, 0.1) is 17.1 Å². The van der Waals surface area contributed by atoms with E-state index in [1.807, 2.05) is 6.07 Å². The van der Waals surface area contributed by atoms with Crippen molar-refractivity contribution in [3.63, 3.8) is 0 Å². The van der Waals surface area contributed by atoms with Crippen LogP contribution in [0.5, 0.6) is 0 Å². The number of hydrogen-bond acceptors (Lipinski definition) is 2. The molecule has 5 heteroatoms. The van der Waals surface area contributed by atoms with E-state index in [9.17, 15) is 9.18 Å². The Labute approximate surface area is 115 Å². The van der Waals surface area contributed by atoms with E-state index in [4.69, 9.17) is 17.3 Å². The first-order valence-electron chi connectivity index (χ1n) is 5.64. The second-order valence-corrected chi connectivity index (χ2v) is 4.46. The molecule has 98 valence electrons. The molecule has 3 N–H and O–H groups in total. The maximum Gasteiger partial charge on any atom is 0.228 e. The Morgan fingerprint density at radius 3 is 2.68 bits per heavy atom. The summed E-state index contributed by atoms with van der Waals surface area (Å²) in [5.41, 5.74) is 7.43. The zero-order chi connectivity index (χ0) is 13.8. The first-order valence-corrected chi connectivity index (χ1v) is 6.02. The molecule has 0 atom stereocenters. The molecule has 0 bridgehead atoms. The fourth-order valence-corrected chi connectivity index (χ4v) is 1.87. The van der Waals surface area contributed by atoms with Gasteiger partial charge >= 0.3 is 0 Å². The number of hydrogen-bond donors (Lipinski definition) is 2. The maximum absolute atomic E-state index is 12.9. The number of benzene rings is 2. The first-order chi connectivity index (χ1) is 9.06. The first kappa shape index (κ1) is 13.4. The minimum atomic E-state index is -0.449. The Balaban J connectivity index is 2.08. The van der Waals surface area contributed by atoms with Crippen molar-refractivity contribution >= 4 is 28.9 Å². The van der Waals surface area contributed by atoms with Crippen LogP contribution in [0.3, 0.4) is 0 Å². The van der Waals surface area contributed by atoms with Gasteiger partial charge in [-0.1, -0.05) is 29.8 Å². The number of nitrogens with one attached hydrogen (secondary N) is 1. The summed E-state index contributed by atoms with van der Waals surface area (Å²) in [7, 11) is 0. The van der Waals surface area contributed by atoms with Crippen LogP contribution < -0.4 is 11.1 Å². The lowest BCUT2D eigenvalue weighted by atomic mass is 10.1. The summed E-state index contributed by atoms with van der Waals surface area (Å²) in [6.07, 6.45) is 0.139. The molecular weight excluding hydrogens is 267 g/mol. The Morgan fingerprint density at radius 2 is 2.00 bits per heavy atom. The van der Waals surface area contributed by atoms with Crippen LogP contribution in [0.25, 0.3) is 0 Å². The number of para-hydroxylation sites is 1. The van der Waals surface area contributed by atoms with Crippen LogP contribution in [0, 0.1) is 5.82 Å². The van der Waals surface area contributed by atoms with Gasteiger partial charge in [0, 0.05) is 5.69 Å². The van der Waals surface area contributed by atoms with Gasteiger partial charge in [-0.15, -0.1) is 0 Å². The highest BCUT2D eigenvalue weighted by Crippen LogP contribution is 2.22. The van der Waals surface area contributed by atoms with Crippen LogP contribution in [-0.4, -0.2) is 5.91 Å². The molecule has 0 aliphatic heterocycles. The Bertz CT molecular complexity index is 616. The number of anilines is 2. The second-order valence-electron chi connectivity index (χ2n) is 4.05. The highest BCUT2D eigenvalue weighted by atomic mass is 35.5. The minimum Gasteiger partial charge on any atom is -0.398 e. The van der Waals surface area contributed by atoms with Gasteiger partial charge in [0.1, 0.15) is 5.82 Å². The Morgan fingerprint density at radius 1 is 1.26 bits per heavy atom. The molecule has 3 nitrogen and oxygen atoms in total. The van der Waals surface area contributed by atoms with E-state index in [1.54, 1.807) is 18.2 Å². The number of carbonyl (C=O) groups is 1. The smallest absolute Gasteiger partial charge is 0.228 e. The largest absolute Gasteiger partial charge is 0.398 e. The van der Waals surface area contributed by atoms with Gasteiger partial charge in [-0.25, -0.2) is 4.39 Å². The molecule has 2 rings (SSSR count). The van der Waals surface area contributed by atoms with Gasteiger partial charge in [-0.05, 0) is 29.8 Å². The highest BCUT2D eigenvalue weighted by molar-refractivity contribution is 6.33. The van der Waals surface area contributed by atoms with Crippen molar-refractivity contribution in [2.45, 2.75) is 6.42 Å². The SMILES string of the molecule is Nc1ccccc1CC(=O)Nc1ccc(F)cc1Cl. The molecule has 0 aliphatic carbocycles. The van der Waals surface area contributed by atoms with E-state index in [1.165, 1.54) is 12.1 Å². The molecule has 1 amide bonds. The normalized spacial score (nSPS) is 10.2. The van der Waals surface area contributed by atoms with E-state index in [0.717, 1.165) is 11.6 Å². The second kappa shape index (κ2) is 5.71. The Hall–Kier alpha value is -2.07. The van der Waals surface area contributed by atoms with Gasteiger partial charge < -0.3 is 11.1 Å². The molecule has 0 aliphatic rings. The maximum atomic E-state index is 12.9. The molecular formula is C14H12ClFN2O. The molecule has 0 spiro atoms.